The van der Waals surface area contributed by atoms with Gasteiger partial charge in [-0.15, -0.1) is 0 Å². The smallest absolute Gasteiger partial charge is 0.153 e. The third kappa shape index (κ3) is 2.57. The molecule has 0 spiro atoms. The summed E-state index contributed by atoms with van der Waals surface area (Å²) in [5.41, 5.74) is 9.70. The molecule has 122 valence electrons. The summed E-state index contributed by atoms with van der Waals surface area (Å²) in [4.78, 5) is 9.20. The Labute approximate surface area is 141 Å². The fraction of sp³-hybridized carbons (Fsp3) is 0.389. The van der Waals surface area contributed by atoms with Gasteiger partial charge in [-0.1, -0.05) is 18.2 Å². The van der Waals surface area contributed by atoms with Crippen molar-refractivity contribution in [3.8, 4) is 6.07 Å². The van der Waals surface area contributed by atoms with Crippen LogP contribution in [0.2, 0.25) is 0 Å². The summed E-state index contributed by atoms with van der Waals surface area (Å²) < 4.78 is 0. The van der Waals surface area contributed by atoms with E-state index in [1.165, 1.54) is 5.56 Å². The van der Waals surface area contributed by atoms with E-state index in [1.807, 2.05) is 12.1 Å². The summed E-state index contributed by atoms with van der Waals surface area (Å²) in [5.74, 6) is 1.20. The maximum Gasteiger partial charge on any atom is 0.153 e. The Kier molecular flexibility index (Phi) is 3.79. The second-order valence-electron chi connectivity index (χ2n) is 6.44. The Morgan fingerprint density at radius 1 is 1.25 bits per heavy atom. The van der Waals surface area contributed by atoms with Gasteiger partial charge in [0.15, 0.2) is 5.82 Å². The lowest BCUT2D eigenvalue weighted by molar-refractivity contribution is 0.452. The molecule has 0 amide bonds. The number of nitrogens with two attached hydrogens (primary N) is 1. The van der Waals surface area contributed by atoms with Crippen molar-refractivity contribution in [3.63, 3.8) is 0 Å². The fourth-order valence-electron chi connectivity index (χ4n) is 3.62. The Morgan fingerprint density at radius 2 is 2.12 bits per heavy atom. The normalized spacial score (nSPS) is 22.5. The Morgan fingerprint density at radius 3 is 2.88 bits per heavy atom. The molecule has 2 unspecified atom stereocenters. The first-order valence-corrected chi connectivity index (χ1v) is 8.39. The zero-order valence-electron chi connectivity index (χ0n) is 13.4. The van der Waals surface area contributed by atoms with Crippen LogP contribution in [0.5, 0.6) is 0 Å². The number of nitriles is 1. The van der Waals surface area contributed by atoms with Gasteiger partial charge in [-0.05, 0) is 31.0 Å². The van der Waals surface area contributed by atoms with E-state index >= 15 is 0 Å². The summed E-state index contributed by atoms with van der Waals surface area (Å²) in [6, 6.07) is 10.4. The van der Waals surface area contributed by atoms with E-state index in [-0.39, 0.29) is 12.0 Å². The largest absolute Gasteiger partial charge is 0.382 e. The molecule has 2 atom stereocenters. The van der Waals surface area contributed by atoms with Crippen LogP contribution >= 0.6 is 0 Å². The number of rotatable bonds is 2. The van der Waals surface area contributed by atoms with Crippen molar-refractivity contribution in [2.45, 2.75) is 31.2 Å². The minimum atomic E-state index is 0.00717. The van der Waals surface area contributed by atoms with Crippen LogP contribution in [-0.2, 0) is 6.42 Å². The summed E-state index contributed by atoms with van der Waals surface area (Å²) in [6.07, 6.45) is 2.95. The summed E-state index contributed by atoms with van der Waals surface area (Å²) >= 11 is 0. The van der Waals surface area contributed by atoms with E-state index in [4.69, 9.17) is 10.7 Å². The molecule has 0 bridgehead atoms. The van der Waals surface area contributed by atoms with Crippen molar-refractivity contribution < 1.29 is 0 Å². The number of aromatic nitrogens is 2. The van der Waals surface area contributed by atoms with Gasteiger partial charge in [0.1, 0.15) is 17.5 Å². The predicted octanol–water partition coefficient (Wildman–Crippen LogP) is 2.11. The third-order valence-electron chi connectivity index (χ3n) is 4.86. The molecule has 2 aliphatic heterocycles. The maximum absolute atomic E-state index is 9.48. The molecule has 2 aliphatic rings. The SMILES string of the molecule is N#Cc1c(N)nc(C2Cc3ccccc3N2)nc1C1CCCNC1. The van der Waals surface area contributed by atoms with Gasteiger partial charge in [0.05, 0.1) is 11.7 Å². The lowest BCUT2D eigenvalue weighted by Gasteiger charge is -2.24. The molecular formula is C18H20N6. The highest BCUT2D eigenvalue weighted by Gasteiger charge is 2.28. The van der Waals surface area contributed by atoms with Gasteiger partial charge in [0.2, 0.25) is 0 Å². The highest BCUT2D eigenvalue weighted by Crippen LogP contribution is 2.34. The van der Waals surface area contributed by atoms with E-state index in [9.17, 15) is 5.26 Å². The molecule has 1 saturated heterocycles. The molecule has 6 heteroatoms. The van der Waals surface area contributed by atoms with E-state index in [0.29, 0.717) is 17.2 Å². The highest BCUT2D eigenvalue weighted by molar-refractivity contribution is 5.58. The van der Waals surface area contributed by atoms with Gasteiger partial charge in [-0.25, -0.2) is 9.97 Å². The number of hydrogen-bond acceptors (Lipinski definition) is 6. The van der Waals surface area contributed by atoms with Crippen LogP contribution in [0.4, 0.5) is 11.5 Å². The minimum Gasteiger partial charge on any atom is -0.382 e. The molecule has 0 aliphatic carbocycles. The Balaban J connectivity index is 1.70. The standard InChI is InChI=1S/C18H20N6/c19-9-13-16(12-5-3-7-21-10-12)23-18(24-17(13)20)15-8-11-4-1-2-6-14(11)22-15/h1-2,4,6,12,15,21-22H,3,5,7-8,10H2,(H2,20,23,24). The molecule has 3 heterocycles. The first kappa shape index (κ1) is 14.9. The fourth-order valence-corrected chi connectivity index (χ4v) is 3.62. The van der Waals surface area contributed by atoms with Gasteiger partial charge in [0, 0.05) is 24.6 Å². The van der Waals surface area contributed by atoms with Crippen molar-refractivity contribution in [1.82, 2.24) is 15.3 Å². The van der Waals surface area contributed by atoms with Crippen LogP contribution in [0.15, 0.2) is 24.3 Å². The van der Waals surface area contributed by atoms with Gasteiger partial charge < -0.3 is 16.4 Å². The van der Waals surface area contributed by atoms with E-state index in [2.05, 4.69) is 33.8 Å². The van der Waals surface area contributed by atoms with Crippen LogP contribution in [0.3, 0.4) is 0 Å². The van der Waals surface area contributed by atoms with Crippen molar-refractivity contribution in [1.29, 1.82) is 5.26 Å². The molecule has 1 aromatic heterocycles. The van der Waals surface area contributed by atoms with Gasteiger partial charge in [-0.3, -0.25) is 0 Å². The molecule has 0 radical (unpaired) electrons. The first-order chi connectivity index (χ1) is 11.8. The maximum atomic E-state index is 9.48. The number of piperidine rings is 1. The number of anilines is 2. The molecule has 1 aromatic carbocycles. The predicted molar refractivity (Wildman–Crippen MR) is 92.5 cm³/mol. The third-order valence-corrected chi connectivity index (χ3v) is 4.86. The Hall–Kier alpha value is -2.65. The molecule has 6 nitrogen and oxygen atoms in total. The number of nitrogens with one attached hydrogen (secondary N) is 2. The highest BCUT2D eigenvalue weighted by atomic mass is 15.1. The average molecular weight is 320 g/mol. The second kappa shape index (κ2) is 6.10. The number of fused-ring (bicyclic) bond motifs is 1. The zero-order valence-corrected chi connectivity index (χ0v) is 13.4. The van der Waals surface area contributed by atoms with Crippen LogP contribution in [-0.4, -0.2) is 23.1 Å². The molecule has 24 heavy (non-hydrogen) atoms. The van der Waals surface area contributed by atoms with Crippen molar-refractivity contribution in [3.05, 3.63) is 46.9 Å². The quantitative estimate of drug-likeness (QED) is 0.783. The molecule has 0 saturated carbocycles. The lowest BCUT2D eigenvalue weighted by Crippen LogP contribution is -2.30. The van der Waals surface area contributed by atoms with E-state index < -0.39 is 0 Å². The van der Waals surface area contributed by atoms with Gasteiger partial charge in [0.25, 0.3) is 0 Å². The Bertz CT molecular complexity index is 779. The van der Waals surface area contributed by atoms with Crippen LogP contribution in [0.25, 0.3) is 0 Å². The average Bonchev–Trinajstić information content (AvgIpc) is 3.06. The van der Waals surface area contributed by atoms with Crippen LogP contribution < -0.4 is 16.4 Å². The minimum absolute atomic E-state index is 0.00717. The molecular weight excluding hydrogens is 300 g/mol. The molecule has 2 aromatic rings. The molecule has 4 N–H and O–H groups in total. The number of benzene rings is 1. The number of nitrogens with zero attached hydrogens (tertiary/aromatic N) is 3. The number of para-hydroxylation sites is 1. The monoisotopic (exact) mass is 320 g/mol. The summed E-state index contributed by atoms with van der Waals surface area (Å²) in [6.45, 7) is 1.86. The van der Waals surface area contributed by atoms with E-state index in [1.54, 1.807) is 0 Å². The molecule has 4 rings (SSSR count). The van der Waals surface area contributed by atoms with Crippen molar-refractivity contribution in [2.24, 2.45) is 0 Å². The summed E-state index contributed by atoms with van der Waals surface area (Å²) in [5, 5.41) is 16.3. The number of hydrogen-bond donors (Lipinski definition) is 3. The first-order valence-electron chi connectivity index (χ1n) is 8.39. The van der Waals surface area contributed by atoms with Crippen molar-refractivity contribution >= 4 is 11.5 Å². The second-order valence-corrected chi connectivity index (χ2v) is 6.44. The van der Waals surface area contributed by atoms with Gasteiger partial charge >= 0.3 is 0 Å². The van der Waals surface area contributed by atoms with Crippen LogP contribution in [0, 0.1) is 11.3 Å². The lowest BCUT2D eigenvalue weighted by atomic mass is 9.93. The van der Waals surface area contributed by atoms with Gasteiger partial charge in [-0.2, -0.15) is 5.26 Å². The van der Waals surface area contributed by atoms with Crippen LogP contribution in [0.1, 0.15) is 47.4 Å². The molecule has 1 fully saturated rings. The van der Waals surface area contributed by atoms with E-state index in [0.717, 1.165) is 43.7 Å². The van der Waals surface area contributed by atoms with Crippen molar-refractivity contribution in [2.75, 3.05) is 24.1 Å². The zero-order chi connectivity index (χ0) is 16.5. The summed E-state index contributed by atoms with van der Waals surface area (Å²) in [7, 11) is 0. The number of nitrogen functional groups attached to an aromatic ring is 1. The topological polar surface area (TPSA) is 99.7 Å².